The highest BCUT2D eigenvalue weighted by molar-refractivity contribution is 8.93. The second-order valence-corrected chi connectivity index (χ2v) is 2.97. The van der Waals surface area contributed by atoms with Gasteiger partial charge in [-0.3, -0.25) is 0 Å². The Labute approximate surface area is 87.8 Å². The highest BCUT2D eigenvalue weighted by Crippen LogP contribution is 2.02. The molecule has 0 unspecified atom stereocenters. The first kappa shape index (κ1) is 10.2. The van der Waals surface area contributed by atoms with Crippen LogP contribution in [0.4, 0.5) is 0 Å². The van der Waals surface area contributed by atoms with Crippen molar-refractivity contribution in [3.05, 3.63) is 17.5 Å². The molecule has 2 rings (SSSR count). The van der Waals surface area contributed by atoms with Crippen LogP contribution in [0.1, 0.15) is 11.4 Å². The molecule has 1 aliphatic heterocycles. The minimum atomic E-state index is 0. The normalized spacial score (nSPS) is 14.8. The largest absolute Gasteiger partial charge is 0.353 e. The van der Waals surface area contributed by atoms with E-state index >= 15 is 0 Å². The highest BCUT2D eigenvalue weighted by Gasteiger charge is 2.10. The summed E-state index contributed by atoms with van der Waals surface area (Å²) >= 11 is 0. The van der Waals surface area contributed by atoms with Crippen molar-refractivity contribution < 1.29 is 0 Å². The van der Waals surface area contributed by atoms with Crippen LogP contribution >= 0.6 is 17.0 Å². The van der Waals surface area contributed by atoms with Crippen LogP contribution in [0.15, 0.2) is 11.1 Å². The number of rotatable bonds is 0. The summed E-state index contributed by atoms with van der Waals surface area (Å²) < 4.78 is 1.85. The Bertz CT molecular complexity index is 329. The standard InChI is InChI=1S/C8H12N4.BrH/c1-6-5-7(2)12(11-6)8-9-3-4-10-8;/h5H,3-4H2,1-2H3,(H,9,10);1H. The number of aromatic nitrogens is 2. The van der Waals surface area contributed by atoms with E-state index in [1.165, 1.54) is 0 Å². The fourth-order valence-electron chi connectivity index (χ4n) is 1.37. The van der Waals surface area contributed by atoms with Gasteiger partial charge in [-0.05, 0) is 19.9 Å². The first-order chi connectivity index (χ1) is 5.77. The first-order valence-corrected chi connectivity index (χ1v) is 4.09. The molecule has 0 aromatic carbocycles. The first-order valence-electron chi connectivity index (χ1n) is 4.09. The lowest BCUT2D eigenvalue weighted by Crippen LogP contribution is -2.27. The van der Waals surface area contributed by atoms with Crippen LogP contribution in [0.2, 0.25) is 0 Å². The second-order valence-electron chi connectivity index (χ2n) is 2.97. The van der Waals surface area contributed by atoms with E-state index in [0.717, 1.165) is 30.4 Å². The Kier molecular flexibility index (Phi) is 3.08. The molecule has 4 nitrogen and oxygen atoms in total. The van der Waals surface area contributed by atoms with Gasteiger partial charge in [-0.25, -0.2) is 9.67 Å². The Morgan fingerprint density at radius 1 is 1.46 bits per heavy atom. The lowest BCUT2D eigenvalue weighted by atomic mass is 10.4. The van der Waals surface area contributed by atoms with Crippen molar-refractivity contribution in [1.29, 1.82) is 0 Å². The van der Waals surface area contributed by atoms with Crippen molar-refractivity contribution in [3.63, 3.8) is 0 Å². The van der Waals surface area contributed by atoms with E-state index in [9.17, 15) is 0 Å². The van der Waals surface area contributed by atoms with Gasteiger partial charge in [-0.1, -0.05) is 0 Å². The molecule has 0 aliphatic carbocycles. The van der Waals surface area contributed by atoms with Crippen molar-refractivity contribution in [1.82, 2.24) is 15.1 Å². The molecule has 0 atom stereocenters. The average Bonchev–Trinajstić information content (AvgIpc) is 2.58. The summed E-state index contributed by atoms with van der Waals surface area (Å²) in [5, 5.41) is 7.49. The van der Waals surface area contributed by atoms with Gasteiger partial charge in [0.15, 0.2) is 0 Å². The number of hydrogen-bond acceptors (Lipinski definition) is 3. The van der Waals surface area contributed by atoms with Gasteiger partial charge >= 0.3 is 0 Å². The summed E-state index contributed by atoms with van der Waals surface area (Å²) in [6.45, 7) is 5.79. The molecule has 0 amide bonds. The van der Waals surface area contributed by atoms with Crippen molar-refractivity contribution in [2.75, 3.05) is 13.1 Å². The van der Waals surface area contributed by atoms with E-state index in [1.54, 1.807) is 0 Å². The number of hydrogen-bond donors (Lipinski definition) is 1. The molecule has 1 aromatic heterocycles. The molecular weight excluding hydrogens is 232 g/mol. The molecule has 0 saturated heterocycles. The molecule has 2 heterocycles. The van der Waals surface area contributed by atoms with Crippen molar-refractivity contribution in [3.8, 4) is 0 Å². The minimum Gasteiger partial charge on any atom is -0.353 e. The van der Waals surface area contributed by atoms with Crippen LogP contribution in [0.25, 0.3) is 0 Å². The maximum Gasteiger partial charge on any atom is 0.219 e. The topological polar surface area (TPSA) is 42.2 Å². The van der Waals surface area contributed by atoms with E-state index in [2.05, 4.69) is 15.4 Å². The number of nitrogens with one attached hydrogen (secondary N) is 1. The zero-order valence-corrected chi connectivity index (χ0v) is 9.45. The second kappa shape index (κ2) is 3.91. The van der Waals surface area contributed by atoms with Crippen molar-refractivity contribution in [2.45, 2.75) is 13.8 Å². The number of aliphatic imine (C=N–C) groups is 1. The molecule has 1 aliphatic rings. The third kappa shape index (κ3) is 1.91. The third-order valence-corrected chi connectivity index (χ3v) is 1.87. The molecule has 0 spiro atoms. The van der Waals surface area contributed by atoms with Gasteiger partial charge in [-0.15, -0.1) is 17.0 Å². The molecule has 0 saturated carbocycles. The Hall–Kier alpha value is -0.840. The Balaban J connectivity index is 0.000000845. The monoisotopic (exact) mass is 244 g/mol. The maximum absolute atomic E-state index is 4.32. The summed E-state index contributed by atoms with van der Waals surface area (Å²) in [7, 11) is 0. The van der Waals surface area contributed by atoms with E-state index in [4.69, 9.17) is 0 Å². The molecule has 13 heavy (non-hydrogen) atoms. The fourth-order valence-corrected chi connectivity index (χ4v) is 1.37. The molecule has 0 fully saturated rings. The zero-order chi connectivity index (χ0) is 8.55. The van der Waals surface area contributed by atoms with E-state index in [-0.39, 0.29) is 17.0 Å². The summed E-state index contributed by atoms with van der Waals surface area (Å²) in [5.41, 5.74) is 2.16. The Morgan fingerprint density at radius 2 is 2.23 bits per heavy atom. The number of halogens is 1. The van der Waals surface area contributed by atoms with Crippen molar-refractivity contribution in [2.24, 2.45) is 4.99 Å². The SMILES string of the molecule is Br.Cc1cc(C)n(C2=NCCN2)n1. The molecule has 1 aromatic rings. The van der Waals surface area contributed by atoms with Crippen molar-refractivity contribution >= 4 is 22.9 Å². The lowest BCUT2D eigenvalue weighted by Gasteiger charge is -2.02. The molecule has 0 bridgehead atoms. The fraction of sp³-hybridized carbons (Fsp3) is 0.500. The number of aryl methyl sites for hydroxylation is 2. The smallest absolute Gasteiger partial charge is 0.219 e. The summed E-state index contributed by atoms with van der Waals surface area (Å²) in [4.78, 5) is 4.29. The average molecular weight is 245 g/mol. The van der Waals surface area contributed by atoms with E-state index in [1.807, 2.05) is 24.6 Å². The molecule has 0 radical (unpaired) electrons. The van der Waals surface area contributed by atoms with Gasteiger partial charge in [-0.2, -0.15) is 5.10 Å². The van der Waals surface area contributed by atoms with Gasteiger partial charge in [0.25, 0.3) is 0 Å². The predicted molar refractivity (Wildman–Crippen MR) is 57.7 cm³/mol. The van der Waals surface area contributed by atoms with Crippen LogP contribution in [0, 0.1) is 13.8 Å². The van der Waals surface area contributed by atoms with Crippen LogP contribution in [0.5, 0.6) is 0 Å². The quantitative estimate of drug-likeness (QED) is 0.737. The van der Waals surface area contributed by atoms with Gasteiger partial charge in [0.2, 0.25) is 5.96 Å². The summed E-state index contributed by atoms with van der Waals surface area (Å²) in [6, 6.07) is 2.04. The summed E-state index contributed by atoms with van der Waals surface area (Å²) in [5.74, 6) is 0.876. The van der Waals surface area contributed by atoms with Crippen LogP contribution in [-0.2, 0) is 0 Å². The van der Waals surface area contributed by atoms with Gasteiger partial charge in [0.05, 0.1) is 12.2 Å². The molecular formula is C8H13BrN4. The highest BCUT2D eigenvalue weighted by atomic mass is 79.9. The van der Waals surface area contributed by atoms with E-state index in [0.29, 0.717) is 0 Å². The molecule has 72 valence electrons. The summed E-state index contributed by atoms with van der Waals surface area (Å²) in [6.07, 6.45) is 0. The van der Waals surface area contributed by atoms with Gasteiger partial charge in [0.1, 0.15) is 0 Å². The van der Waals surface area contributed by atoms with Crippen LogP contribution < -0.4 is 5.32 Å². The van der Waals surface area contributed by atoms with Crippen LogP contribution in [0.3, 0.4) is 0 Å². The maximum atomic E-state index is 4.32. The van der Waals surface area contributed by atoms with E-state index < -0.39 is 0 Å². The third-order valence-electron chi connectivity index (χ3n) is 1.87. The zero-order valence-electron chi connectivity index (χ0n) is 7.74. The van der Waals surface area contributed by atoms with Gasteiger partial charge in [0, 0.05) is 12.2 Å². The van der Waals surface area contributed by atoms with Crippen LogP contribution in [-0.4, -0.2) is 28.8 Å². The van der Waals surface area contributed by atoms with Gasteiger partial charge < -0.3 is 5.32 Å². The number of nitrogens with zero attached hydrogens (tertiary/aromatic N) is 3. The lowest BCUT2D eigenvalue weighted by molar-refractivity contribution is 0.839. The minimum absolute atomic E-state index is 0. The Morgan fingerprint density at radius 3 is 2.69 bits per heavy atom. The molecule has 1 N–H and O–H groups in total. The molecule has 5 heteroatoms. The predicted octanol–water partition coefficient (Wildman–Crippen LogP) is 0.885.